The molecule has 0 aromatic rings. The predicted octanol–water partition coefficient (Wildman–Crippen LogP) is 14.4. The van der Waals surface area contributed by atoms with Gasteiger partial charge in [0.05, 0.1) is 19.3 Å². The lowest BCUT2D eigenvalue weighted by molar-refractivity contribution is -0.151. The van der Waals surface area contributed by atoms with E-state index < -0.39 is 6.10 Å². The fourth-order valence-electron chi connectivity index (χ4n) is 9.42. The van der Waals surface area contributed by atoms with Gasteiger partial charge in [0.2, 0.25) is 0 Å². The third-order valence-electron chi connectivity index (χ3n) is 13.6. The molecule has 0 aliphatic heterocycles. The summed E-state index contributed by atoms with van der Waals surface area (Å²) < 4.78 is 12.2. The van der Waals surface area contributed by atoms with Crippen LogP contribution in [0.2, 0.25) is 0 Å². The molecule has 0 unspecified atom stereocenters. The van der Waals surface area contributed by atoms with Gasteiger partial charge in [-0.1, -0.05) is 195 Å². The molecule has 394 valence electrons. The summed E-state index contributed by atoms with van der Waals surface area (Å²) in [6, 6.07) is 0. The van der Waals surface area contributed by atoms with Crippen molar-refractivity contribution in [2.75, 3.05) is 52.5 Å². The lowest BCUT2D eigenvalue weighted by atomic mass is 10.0. The van der Waals surface area contributed by atoms with Crippen molar-refractivity contribution < 1.29 is 34.4 Å². The van der Waals surface area contributed by atoms with E-state index in [0.717, 1.165) is 129 Å². The van der Waals surface area contributed by atoms with Crippen LogP contribution in [0.1, 0.15) is 285 Å². The number of nitrogens with zero attached hydrogens (tertiary/aromatic N) is 2. The number of unbranched alkanes of at least 4 members (excludes halogenated alkanes) is 28. The van der Waals surface area contributed by atoms with Gasteiger partial charge < -0.3 is 29.7 Å². The molecule has 0 aliphatic carbocycles. The quantitative estimate of drug-likeness (QED) is 0.0404. The van der Waals surface area contributed by atoms with E-state index in [-0.39, 0.29) is 37.4 Å². The average Bonchev–Trinajstić information content (AvgIpc) is 3.30. The Morgan fingerprint density at radius 2 is 0.621 bits per heavy atom. The van der Waals surface area contributed by atoms with Gasteiger partial charge in [-0.15, -0.1) is 0 Å². The van der Waals surface area contributed by atoms with Crippen molar-refractivity contribution >= 4 is 11.9 Å². The monoisotopic (exact) mass is 939 g/mol. The van der Waals surface area contributed by atoms with Crippen LogP contribution in [0.5, 0.6) is 0 Å². The molecule has 0 aromatic heterocycles. The molecule has 0 heterocycles. The molecule has 0 aliphatic rings. The van der Waals surface area contributed by atoms with Crippen LogP contribution in [0.15, 0.2) is 0 Å². The van der Waals surface area contributed by atoms with Gasteiger partial charge >= 0.3 is 11.9 Å². The molecule has 0 fully saturated rings. The largest absolute Gasteiger partial charge is 0.462 e. The number of carbonyl (C=O) groups excluding carboxylic acids is 2. The Kier molecular flexibility index (Phi) is 50.6. The van der Waals surface area contributed by atoms with Gasteiger partial charge in [0.25, 0.3) is 0 Å². The summed E-state index contributed by atoms with van der Waals surface area (Å²) in [4.78, 5) is 30.1. The van der Waals surface area contributed by atoms with Crippen LogP contribution in [-0.2, 0) is 19.1 Å². The summed E-state index contributed by atoms with van der Waals surface area (Å²) in [5.74, 6) is -0.0282. The molecule has 3 N–H and O–H groups in total. The van der Waals surface area contributed by atoms with E-state index in [1.165, 1.54) is 128 Å². The molecule has 0 amide bonds. The van der Waals surface area contributed by atoms with Crippen molar-refractivity contribution in [3.63, 3.8) is 0 Å². The van der Waals surface area contributed by atoms with Crippen LogP contribution in [0.3, 0.4) is 0 Å². The van der Waals surface area contributed by atoms with Crippen molar-refractivity contribution in [3.05, 3.63) is 0 Å². The highest BCUT2D eigenvalue weighted by molar-refractivity contribution is 5.69. The molecule has 9 heteroatoms. The highest BCUT2D eigenvalue weighted by Crippen LogP contribution is 2.20. The molecule has 0 aromatic carbocycles. The van der Waals surface area contributed by atoms with Crippen LogP contribution in [0, 0.1) is 0 Å². The Labute approximate surface area is 410 Å². The van der Waals surface area contributed by atoms with E-state index in [0.29, 0.717) is 39.0 Å². The maximum atomic E-state index is 12.9. The second-order valence-corrected chi connectivity index (χ2v) is 20.2. The average molecular weight is 940 g/mol. The van der Waals surface area contributed by atoms with E-state index in [1.807, 2.05) is 4.90 Å². The normalized spacial score (nSPS) is 12.3. The van der Waals surface area contributed by atoms with Crippen LogP contribution in [0.25, 0.3) is 0 Å². The van der Waals surface area contributed by atoms with Crippen LogP contribution in [0.4, 0.5) is 0 Å². The van der Waals surface area contributed by atoms with Gasteiger partial charge in [0.1, 0.15) is 12.2 Å². The number of aliphatic hydroxyl groups excluding tert-OH is 3. The fraction of sp³-hybridized carbons (Fsp3) is 0.965. The van der Waals surface area contributed by atoms with E-state index in [2.05, 4.69) is 32.6 Å². The summed E-state index contributed by atoms with van der Waals surface area (Å²) >= 11 is 0. The molecule has 1 atom stereocenters. The van der Waals surface area contributed by atoms with Crippen molar-refractivity contribution in [3.8, 4) is 0 Å². The summed E-state index contributed by atoms with van der Waals surface area (Å²) in [7, 11) is 0. The van der Waals surface area contributed by atoms with E-state index in [1.54, 1.807) is 0 Å². The molecular formula is C57H114N2O7. The SMILES string of the molecule is CCCCCCCCC(CCCCCCCC)OC(=O)CCCCCCCN(CCCCCCCC(=O)OC(CCCCCCCC)CCCCCCCC)C[C@H](O)CN(CCO)CCO. The molecule has 9 nitrogen and oxygen atoms in total. The topological polar surface area (TPSA) is 120 Å². The number of esters is 2. The molecule has 0 saturated carbocycles. The highest BCUT2D eigenvalue weighted by Gasteiger charge is 2.18. The third-order valence-corrected chi connectivity index (χ3v) is 13.6. The molecule has 66 heavy (non-hydrogen) atoms. The van der Waals surface area contributed by atoms with Crippen molar-refractivity contribution in [2.45, 2.75) is 303 Å². The zero-order chi connectivity index (χ0) is 48.4. The van der Waals surface area contributed by atoms with Crippen LogP contribution in [-0.4, -0.2) is 108 Å². The van der Waals surface area contributed by atoms with Gasteiger partial charge in [0, 0.05) is 39.0 Å². The number of carbonyl (C=O) groups is 2. The Bertz CT molecular complexity index is 900. The van der Waals surface area contributed by atoms with Gasteiger partial charge in [-0.25, -0.2) is 0 Å². The highest BCUT2D eigenvalue weighted by atomic mass is 16.5. The molecule has 0 spiro atoms. The van der Waals surface area contributed by atoms with E-state index >= 15 is 0 Å². The van der Waals surface area contributed by atoms with Crippen molar-refractivity contribution in [1.29, 1.82) is 0 Å². The zero-order valence-corrected chi connectivity index (χ0v) is 44.5. The summed E-state index contributed by atoms with van der Waals surface area (Å²) in [5, 5.41) is 30.0. The number of ether oxygens (including phenoxy) is 2. The second kappa shape index (κ2) is 51.6. The summed E-state index contributed by atoms with van der Waals surface area (Å²) in [6.45, 7) is 12.8. The molecular weight excluding hydrogens is 825 g/mol. The van der Waals surface area contributed by atoms with E-state index in [4.69, 9.17) is 9.47 Å². The smallest absolute Gasteiger partial charge is 0.306 e. The molecule has 0 radical (unpaired) electrons. The minimum Gasteiger partial charge on any atom is -0.462 e. The minimum atomic E-state index is -0.558. The summed E-state index contributed by atoms with van der Waals surface area (Å²) in [5.41, 5.74) is 0. The van der Waals surface area contributed by atoms with Crippen molar-refractivity contribution in [1.82, 2.24) is 9.80 Å². The lowest BCUT2D eigenvalue weighted by Gasteiger charge is -2.29. The minimum absolute atomic E-state index is 0.00379. The first kappa shape index (κ1) is 64.7. The Morgan fingerprint density at radius 3 is 0.924 bits per heavy atom. The first-order valence-electron chi connectivity index (χ1n) is 29.1. The van der Waals surface area contributed by atoms with E-state index in [9.17, 15) is 24.9 Å². The Balaban J connectivity index is 4.79. The Morgan fingerprint density at radius 1 is 0.364 bits per heavy atom. The second-order valence-electron chi connectivity index (χ2n) is 20.2. The number of rotatable bonds is 54. The number of aliphatic hydroxyl groups is 3. The Hall–Kier alpha value is -1.26. The fourth-order valence-corrected chi connectivity index (χ4v) is 9.42. The standard InChI is InChI=1S/C57H114N2O7/c1-5-9-13-17-23-31-39-54(40-32-24-18-14-10-6-2)65-56(63)43-35-27-21-29-37-45-58(51-53(62)52-59(47-49-60)48-50-61)46-38-30-22-28-36-44-57(64)66-55(41-33-25-19-15-11-7-3)42-34-26-20-16-12-8-4/h53-55,60-62H,5-52H2,1-4H3/t53-/m0/s1. The first-order valence-corrected chi connectivity index (χ1v) is 29.1. The predicted molar refractivity (Wildman–Crippen MR) is 280 cm³/mol. The number of hydrogen-bond acceptors (Lipinski definition) is 9. The lowest BCUT2D eigenvalue weighted by Crippen LogP contribution is -2.42. The molecule has 0 bridgehead atoms. The number of hydrogen-bond donors (Lipinski definition) is 3. The first-order chi connectivity index (χ1) is 32.3. The maximum Gasteiger partial charge on any atom is 0.306 e. The third kappa shape index (κ3) is 45.2. The van der Waals surface area contributed by atoms with Crippen LogP contribution >= 0.6 is 0 Å². The summed E-state index contributed by atoms with van der Waals surface area (Å²) in [6.07, 6.45) is 45.3. The van der Waals surface area contributed by atoms with Gasteiger partial charge in [-0.05, 0) is 90.1 Å². The molecule has 0 rings (SSSR count). The van der Waals surface area contributed by atoms with Crippen LogP contribution < -0.4 is 0 Å². The zero-order valence-electron chi connectivity index (χ0n) is 44.5. The van der Waals surface area contributed by atoms with Gasteiger partial charge in [-0.2, -0.15) is 0 Å². The van der Waals surface area contributed by atoms with Gasteiger partial charge in [0.15, 0.2) is 0 Å². The van der Waals surface area contributed by atoms with Gasteiger partial charge in [-0.3, -0.25) is 14.5 Å². The maximum absolute atomic E-state index is 12.9. The van der Waals surface area contributed by atoms with Crippen molar-refractivity contribution in [2.24, 2.45) is 0 Å². The molecule has 0 saturated heterocycles.